The number of benzene rings is 3. The van der Waals surface area contributed by atoms with E-state index in [0.29, 0.717) is 5.75 Å². The van der Waals surface area contributed by atoms with Crippen LogP contribution in [0.2, 0.25) is 0 Å². The second kappa shape index (κ2) is 7.14. The standard InChI is InChI=1S/C20H19O3P/c1-14-7-3-5-9-17(14)16-11-12-20(23-24(21)22)19(13-16)18-10-6-4-8-15(18)2/h3-13,21-22H,1-2H3. The largest absolute Gasteiger partial charge is 0.426 e. The van der Waals surface area contributed by atoms with E-state index in [1.165, 1.54) is 5.56 Å². The van der Waals surface area contributed by atoms with E-state index in [1.807, 2.05) is 55.5 Å². The van der Waals surface area contributed by atoms with Crippen LogP contribution in [0.3, 0.4) is 0 Å². The van der Waals surface area contributed by atoms with Crippen molar-refractivity contribution in [2.75, 3.05) is 0 Å². The summed E-state index contributed by atoms with van der Waals surface area (Å²) in [5.74, 6) is 0.470. The van der Waals surface area contributed by atoms with Crippen LogP contribution in [0.4, 0.5) is 0 Å². The van der Waals surface area contributed by atoms with Crippen LogP contribution < -0.4 is 4.52 Å². The van der Waals surface area contributed by atoms with Crippen molar-refractivity contribution in [2.24, 2.45) is 0 Å². The maximum Gasteiger partial charge on any atom is 0.391 e. The molecule has 0 radical (unpaired) electrons. The van der Waals surface area contributed by atoms with Crippen LogP contribution in [0.5, 0.6) is 5.75 Å². The van der Waals surface area contributed by atoms with Gasteiger partial charge in [0.05, 0.1) is 0 Å². The average Bonchev–Trinajstić information content (AvgIpc) is 2.56. The van der Waals surface area contributed by atoms with E-state index in [1.54, 1.807) is 6.07 Å². The Bertz CT molecular complexity index is 859. The van der Waals surface area contributed by atoms with Gasteiger partial charge in [0, 0.05) is 5.56 Å². The third-order valence-corrected chi connectivity index (χ3v) is 4.41. The van der Waals surface area contributed by atoms with Crippen LogP contribution >= 0.6 is 8.60 Å². The summed E-state index contributed by atoms with van der Waals surface area (Å²) in [5.41, 5.74) is 6.37. The molecular formula is C20H19O3P. The van der Waals surface area contributed by atoms with Crippen molar-refractivity contribution in [2.45, 2.75) is 13.8 Å². The van der Waals surface area contributed by atoms with E-state index < -0.39 is 8.60 Å². The zero-order valence-electron chi connectivity index (χ0n) is 13.6. The highest BCUT2D eigenvalue weighted by Crippen LogP contribution is 2.40. The highest BCUT2D eigenvalue weighted by molar-refractivity contribution is 7.39. The summed E-state index contributed by atoms with van der Waals surface area (Å²) in [5, 5.41) is 0. The molecule has 24 heavy (non-hydrogen) atoms. The first-order valence-electron chi connectivity index (χ1n) is 7.68. The maximum absolute atomic E-state index is 9.28. The molecule has 0 saturated heterocycles. The van der Waals surface area contributed by atoms with Crippen LogP contribution in [0.1, 0.15) is 11.1 Å². The van der Waals surface area contributed by atoms with Gasteiger partial charge in [0.1, 0.15) is 5.75 Å². The first kappa shape index (κ1) is 16.7. The topological polar surface area (TPSA) is 49.7 Å². The van der Waals surface area contributed by atoms with Gasteiger partial charge in [0.15, 0.2) is 0 Å². The molecule has 3 rings (SSSR count). The van der Waals surface area contributed by atoms with Crippen molar-refractivity contribution in [3.05, 3.63) is 77.9 Å². The molecule has 3 aromatic rings. The Morgan fingerprint density at radius 1 is 0.708 bits per heavy atom. The summed E-state index contributed by atoms with van der Waals surface area (Å²) in [6.45, 7) is 4.11. The van der Waals surface area contributed by atoms with Gasteiger partial charge in [0.2, 0.25) is 0 Å². The van der Waals surface area contributed by atoms with Crippen LogP contribution in [-0.4, -0.2) is 9.79 Å². The Hall–Kier alpha value is -2.19. The third kappa shape index (κ3) is 3.49. The molecular weight excluding hydrogens is 319 g/mol. The molecule has 0 aliphatic heterocycles. The molecule has 0 aliphatic carbocycles. The Balaban J connectivity index is 2.18. The molecule has 2 N–H and O–H groups in total. The van der Waals surface area contributed by atoms with E-state index in [4.69, 9.17) is 4.52 Å². The summed E-state index contributed by atoms with van der Waals surface area (Å²) in [6, 6.07) is 22.0. The Morgan fingerprint density at radius 2 is 1.29 bits per heavy atom. The second-order valence-corrected chi connectivity index (χ2v) is 6.37. The predicted molar refractivity (Wildman–Crippen MR) is 98.8 cm³/mol. The summed E-state index contributed by atoms with van der Waals surface area (Å²) in [4.78, 5) is 18.6. The quantitative estimate of drug-likeness (QED) is 0.641. The first-order valence-corrected chi connectivity index (χ1v) is 8.84. The molecule has 4 heteroatoms. The van der Waals surface area contributed by atoms with Crippen LogP contribution in [-0.2, 0) is 0 Å². The maximum atomic E-state index is 9.28. The van der Waals surface area contributed by atoms with Crippen LogP contribution in [0.15, 0.2) is 66.7 Å². The van der Waals surface area contributed by atoms with Gasteiger partial charge in [-0.3, -0.25) is 0 Å². The number of rotatable bonds is 4. The van der Waals surface area contributed by atoms with Gasteiger partial charge in [-0.1, -0.05) is 54.6 Å². The molecule has 0 fully saturated rings. The smallest absolute Gasteiger partial charge is 0.391 e. The molecule has 3 nitrogen and oxygen atoms in total. The van der Waals surface area contributed by atoms with Gasteiger partial charge in [-0.25, -0.2) is 0 Å². The van der Waals surface area contributed by atoms with E-state index in [-0.39, 0.29) is 0 Å². The lowest BCUT2D eigenvalue weighted by molar-refractivity contribution is 0.375. The monoisotopic (exact) mass is 338 g/mol. The number of hydrogen-bond donors (Lipinski definition) is 2. The molecule has 0 spiro atoms. The average molecular weight is 338 g/mol. The number of aryl methyl sites for hydroxylation is 2. The molecule has 0 heterocycles. The first-order chi connectivity index (χ1) is 11.6. The fourth-order valence-electron chi connectivity index (χ4n) is 2.85. The van der Waals surface area contributed by atoms with Gasteiger partial charge in [-0.2, -0.15) is 0 Å². The molecule has 3 aromatic carbocycles. The van der Waals surface area contributed by atoms with Gasteiger partial charge < -0.3 is 14.3 Å². The van der Waals surface area contributed by atoms with Gasteiger partial charge >= 0.3 is 8.60 Å². The fraction of sp³-hybridized carbons (Fsp3) is 0.100. The summed E-state index contributed by atoms with van der Waals surface area (Å²) in [7, 11) is -2.46. The van der Waals surface area contributed by atoms with Crippen molar-refractivity contribution in [3.63, 3.8) is 0 Å². The minimum atomic E-state index is -2.46. The molecule has 0 aliphatic rings. The lowest BCUT2D eigenvalue weighted by atomic mass is 9.94. The molecule has 0 bridgehead atoms. The molecule has 0 aromatic heterocycles. The van der Waals surface area contributed by atoms with Crippen LogP contribution in [0, 0.1) is 13.8 Å². The molecule has 0 atom stereocenters. The lowest BCUT2D eigenvalue weighted by Crippen LogP contribution is -1.92. The van der Waals surface area contributed by atoms with Crippen molar-refractivity contribution >= 4 is 8.60 Å². The third-order valence-electron chi connectivity index (χ3n) is 4.05. The minimum Gasteiger partial charge on any atom is -0.426 e. The summed E-state index contributed by atoms with van der Waals surface area (Å²) >= 11 is 0. The molecule has 0 unspecified atom stereocenters. The Morgan fingerprint density at radius 3 is 1.88 bits per heavy atom. The second-order valence-electron chi connectivity index (χ2n) is 5.68. The molecule has 122 valence electrons. The normalized spacial score (nSPS) is 10.9. The summed E-state index contributed by atoms with van der Waals surface area (Å²) in [6.07, 6.45) is 0. The molecule has 0 saturated carbocycles. The Labute approximate surface area is 143 Å². The summed E-state index contributed by atoms with van der Waals surface area (Å²) < 4.78 is 5.25. The fourth-order valence-corrected chi connectivity index (χ4v) is 3.18. The van der Waals surface area contributed by atoms with Crippen molar-refractivity contribution in [1.82, 2.24) is 0 Å². The van der Waals surface area contributed by atoms with E-state index in [0.717, 1.165) is 27.8 Å². The number of hydrogen-bond acceptors (Lipinski definition) is 3. The van der Waals surface area contributed by atoms with Crippen LogP contribution in [0.25, 0.3) is 22.3 Å². The lowest BCUT2D eigenvalue weighted by Gasteiger charge is -2.15. The van der Waals surface area contributed by atoms with E-state index in [9.17, 15) is 9.79 Å². The highest BCUT2D eigenvalue weighted by atomic mass is 31.2. The highest BCUT2D eigenvalue weighted by Gasteiger charge is 2.14. The zero-order chi connectivity index (χ0) is 17.1. The van der Waals surface area contributed by atoms with Crippen molar-refractivity contribution < 1.29 is 14.3 Å². The van der Waals surface area contributed by atoms with E-state index >= 15 is 0 Å². The Kier molecular flexibility index (Phi) is 4.96. The van der Waals surface area contributed by atoms with Crippen molar-refractivity contribution in [3.8, 4) is 28.0 Å². The SMILES string of the molecule is Cc1ccccc1-c1ccc(OP(O)O)c(-c2ccccc2C)c1. The van der Waals surface area contributed by atoms with Crippen molar-refractivity contribution in [1.29, 1.82) is 0 Å². The van der Waals surface area contributed by atoms with Gasteiger partial charge in [-0.15, -0.1) is 0 Å². The van der Waals surface area contributed by atoms with Gasteiger partial charge in [-0.05, 0) is 53.8 Å². The molecule has 0 amide bonds. The predicted octanol–water partition coefficient (Wildman–Crippen LogP) is 5.23. The minimum absolute atomic E-state index is 0.470. The van der Waals surface area contributed by atoms with E-state index in [2.05, 4.69) is 19.1 Å². The van der Waals surface area contributed by atoms with Gasteiger partial charge in [0.25, 0.3) is 0 Å². The zero-order valence-corrected chi connectivity index (χ0v) is 14.5.